The SMILES string of the molecule is CN1c2cc(N)ccc2-c2ccc(N)cc2C1c1ccc(OCCF)cc1. The van der Waals surface area contributed by atoms with Crippen LogP contribution in [0.25, 0.3) is 11.1 Å². The van der Waals surface area contributed by atoms with E-state index in [0.29, 0.717) is 5.75 Å². The fraction of sp³-hybridized carbons (Fsp3) is 0.182. The molecule has 4 N–H and O–H groups in total. The lowest BCUT2D eigenvalue weighted by Gasteiger charge is -2.38. The zero-order valence-electron chi connectivity index (χ0n) is 15.2. The quantitative estimate of drug-likeness (QED) is 0.674. The van der Waals surface area contributed by atoms with Crippen LogP contribution in [-0.4, -0.2) is 20.3 Å². The Balaban J connectivity index is 1.82. The van der Waals surface area contributed by atoms with Crippen LogP contribution in [0.3, 0.4) is 0 Å². The second kappa shape index (κ2) is 6.83. The Kier molecular flexibility index (Phi) is 4.36. The van der Waals surface area contributed by atoms with E-state index in [1.807, 2.05) is 48.5 Å². The molecule has 5 heteroatoms. The summed E-state index contributed by atoms with van der Waals surface area (Å²) in [5.74, 6) is 0.660. The zero-order valence-corrected chi connectivity index (χ0v) is 15.2. The normalized spacial score (nSPS) is 15.2. The van der Waals surface area contributed by atoms with Gasteiger partial charge in [0.15, 0.2) is 0 Å². The average molecular weight is 363 g/mol. The molecule has 0 saturated carbocycles. The van der Waals surface area contributed by atoms with E-state index < -0.39 is 6.67 Å². The van der Waals surface area contributed by atoms with Gasteiger partial charge in [0, 0.05) is 29.7 Å². The summed E-state index contributed by atoms with van der Waals surface area (Å²) in [4.78, 5) is 2.21. The third-order valence-electron chi connectivity index (χ3n) is 4.99. The predicted molar refractivity (Wildman–Crippen MR) is 109 cm³/mol. The maximum atomic E-state index is 12.3. The average Bonchev–Trinajstić information content (AvgIpc) is 2.67. The molecule has 0 spiro atoms. The Morgan fingerprint density at radius 3 is 2.30 bits per heavy atom. The molecule has 4 rings (SSSR count). The monoisotopic (exact) mass is 363 g/mol. The molecule has 3 aromatic rings. The van der Waals surface area contributed by atoms with Gasteiger partial charge in [-0.25, -0.2) is 4.39 Å². The van der Waals surface area contributed by atoms with E-state index in [1.54, 1.807) is 0 Å². The summed E-state index contributed by atoms with van der Waals surface area (Å²) in [7, 11) is 2.06. The van der Waals surface area contributed by atoms with Crippen LogP contribution in [0, 0.1) is 0 Å². The van der Waals surface area contributed by atoms with Crippen molar-refractivity contribution >= 4 is 17.1 Å². The number of fused-ring (bicyclic) bond motifs is 3. The number of benzene rings is 3. The molecule has 0 aromatic heterocycles. The first kappa shape index (κ1) is 17.2. The van der Waals surface area contributed by atoms with Gasteiger partial charge in [0.2, 0.25) is 0 Å². The fourth-order valence-corrected chi connectivity index (χ4v) is 3.77. The van der Waals surface area contributed by atoms with Crippen molar-refractivity contribution in [2.24, 2.45) is 0 Å². The van der Waals surface area contributed by atoms with Gasteiger partial charge in [-0.1, -0.05) is 24.3 Å². The highest BCUT2D eigenvalue weighted by Gasteiger charge is 2.30. The lowest BCUT2D eigenvalue weighted by molar-refractivity contribution is 0.273. The van der Waals surface area contributed by atoms with Crippen molar-refractivity contribution in [2.75, 3.05) is 36.7 Å². The number of nitrogens with zero attached hydrogens (tertiary/aromatic N) is 1. The first-order valence-electron chi connectivity index (χ1n) is 8.89. The van der Waals surface area contributed by atoms with Crippen LogP contribution >= 0.6 is 0 Å². The first-order valence-corrected chi connectivity index (χ1v) is 8.89. The molecular formula is C22H22FN3O. The molecule has 4 nitrogen and oxygen atoms in total. The van der Waals surface area contributed by atoms with Crippen molar-refractivity contribution in [2.45, 2.75) is 6.04 Å². The van der Waals surface area contributed by atoms with Gasteiger partial charge in [0.25, 0.3) is 0 Å². The zero-order chi connectivity index (χ0) is 19.0. The summed E-state index contributed by atoms with van der Waals surface area (Å²) >= 11 is 0. The molecule has 0 aliphatic carbocycles. The van der Waals surface area contributed by atoms with Crippen molar-refractivity contribution in [3.05, 3.63) is 71.8 Å². The number of nitrogens with two attached hydrogens (primary N) is 2. The van der Waals surface area contributed by atoms with E-state index in [-0.39, 0.29) is 12.6 Å². The summed E-state index contributed by atoms with van der Waals surface area (Å²) in [6, 6.07) is 19.8. The molecule has 1 unspecified atom stereocenters. The maximum absolute atomic E-state index is 12.3. The molecular weight excluding hydrogens is 341 g/mol. The number of anilines is 3. The van der Waals surface area contributed by atoms with Crippen molar-refractivity contribution in [3.8, 4) is 16.9 Å². The molecule has 0 saturated heterocycles. The van der Waals surface area contributed by atoms with Gasteiger partial charge >= 0.3 is 0 Å². The third-order valence-corrected chi connectivity index (χ3v) is 4.99. The highest BCUT2D eigenvalue weighted by atomic mass is 19.1. The van der Waals surface area contributed by atoms with Crippen LogP contribution in [0.1, 0.15) is 17.2 Å². The van der Waals surface area contributed by atoms with Crippen LogP contribution in [0.2, 0.25) is 0 Å². The van der Waals surface area contributed by atoms with Crippen LogP contribution < -0.4 is 21.1 Å². The number of hydrogen-bond acceptors (Lipinski definition) is 4. The molecule has 0 bridgehead atoms. The van der Waals surface area contributed by atoms with E-state index >= 15 is 0 Å². The largest absolute Gasteiger partial charge is 0.491 e. The number of ether oxygens (including phenoxy) is 1. The van der Waals surface area contributed by atoms with E-state index in [9.17, 15) is 4.39 Å². The lowest BCUT2D eigenvalue weighted by Crippen LogP contribution is -2.29. The Hall–Kier alpha value is -3.21. The molecule has 0 amide bonds. The molecule has 1 atom stereocenters. The molecule has 1 aliphatic heterocycles. The summed E-state index contributed by atoms with van der Waals surface area (Å²) in [5, 5.41) is 0. The molecule has 0 fully saturated rings. The second-order valence-electron chi connectivity index (χ2n) is 6.74. The number of nitrogen functional groups attached to an aromatic ring is 2. The van der Waals surface area contributed by atoms with Crippen LogP contribution in [0.4, 0.5) is 21.5 Å². The summed E-state index contributed by atoms with van der Waals surface area (Å²) in [6.07, 6.45) is 0. The highest BCUT2D eigenvalue weighted by molar-refractivity contribution is 5.88. The molecule has 1 aliphatic rings. The van der Waals surface area contributed by atoms with E-state index in [4.69, 9.17) is 16.2 Å². The van der Waals surface area contributed by atoms with Crippen LogP contribution in [-0.2, 0) is 0 Å². The number of halogens is 1. The van der Waals surface area contributed by atoms with Crippen molar-refractivity contribution < 1.29 is 9.13 Å². The van der Waals surface area contributed by atoms with Crippen LogP contribution in [0.5, 0.6) is 5.75 Å². The minimum atomic E-state index is -0.502. The fourth-order valence-electron chi connectivity index (χ4n) is 3.77. The molecule has 27 heavy (non-hydrogen) atoms. The Labute approximate surface area is 158 Å². The van der Waals surface area contributed by atoms with E-state index in [1.165, 1.54) is 0 Å². The Morgan fingerprint density at radius 1 is 0.926 bits per heavy atom. The van der Waals surface area contributed by atoms with Gasteiger partial charge in [-0.05, 0) is 53.1 Å². The van der Waals surface area contributed by atoms with E-state index in [0.717, 1.165) is 39.3 Å². The number of alkyl halides is 1. The summed E-state index contributed by atoms with van der Waals surface area (Å²) < 4.78 is 17.7. The van der Waals surface area contributed by atoms with Crippen LogP contribution in [0.15, 0.2) is 60.7 Å². The first-order chi connectivity index (χ1) is 13.1. The van der Waals surface area contributed by atoms with Crippen molar-refractivity contribution in [1.82, 2.24) is 0 Å². The standard InChI is InChI=1S/C22H22FN3O/c1-26-21-13-16(25)5-9-19(21)18-8-4-15(24)12-20(18)22(26)14-2-6-17(7-3-14)27-11-10-23/h2-9,12-13,22H,10-11,24-25H2,1H3. The third kappa shape index (κ3) is 3.05. The minimum Gasteiger partial charge on any atom is -0.491 e. The smallest absolute Gasteiger partial charge is 0.123 e. The van der Waals surface area contributed by atoms with Gasteiger partial charge in [0.05, 0.1) is 6.04 Å². The summed E-state index contributed by atoms with van der Waals surface area (Å²) in [6.45, 7) is -0.438. The predicted octanol–water partition coefficient (Wildman–Crippen LogP) is 4.41. The number of hydrogen-bond donors (Lipinski definition) is 2. The second-order valence-corrected chi connectivity index (χ2v) is 6.74. The molecule has 3 aromatic carbocycles. The van der Waals surface area contributed by atoms with Gasteiger partial charge in [-0.3, -0.25) is 0 Å². The molecule has 1 heterocycles. The maximum Gasteiger partial charge on any atom is 0.123 e. The van der Waals surface area contributed by atoms with Crippen molar-refractivity contribution in [3.63, 3.8) is 0 Å². The van der Waals surface area contributed by atoms with Gasteiger partial charge in [0.1, 0.15) is 19.0 Å². The van der Waals surface area contributed by atoms with Crippen molar-refractivity contribution in [1.29, 1.82) is 0 Å². The van der Waals surface area contributed by atoms with Gasteiger partial charge < -0.3 is 21.1 Å². The summed E-state index contributed by atoms with van der Waals surface area (Å²) in [5.41, 5.74) is 19.2. The Morgan fingerprint density at radius 2 is 1.59 bits per heavy atom. The van der Waals surface area contributed by atoms with Gasteiger partial charge in [-0.15, -0.1) is 0 Å². The highest BCUT2D eigenvalue weighted by Crippen LogP contribution is 2.47. The van der Waals surface area contributed by atoms with Gasteiger partial charge in [-0.2, -0.15) is 0 Å². The Bertz CT molecular complexity index is 972. The van der Waals surface area contributed by atoms with E-state index in [2.05, 4.69) is 24.1 Å². The number of rotatable bonds is 4. The lowest BCUT2D eigenvalue weighted by atomic mass is 9.85. The topological polar surface area (TPSA) is 64.5 Å². The minimum absolute atomic E-state index is 0.00646. The molecule has 138 valence electrons. The molecule has 0 radical (unpaired) electrons.